The Morgan fingerprint density at radius 1 is 1.54 bits per heavy atom. The van der Waals surface area contributed by atoms with Crippen molar-refractivity contribution >= 4 is 5.78 Å². The molecule has 13 heavy (non-hydrogen) atoms. The number of nitrogens with one attached hydrogen (secondary N) is 1. The Labute approximate surface area is 76.7 Å². The van der Waals surface area contributed by atoms with Crippen LogP contribution in [0.2, 0.25) is 0 Å². The summed E-state index contributed by atoms with van der Waals surface area (Å²) >= 11 is 0. The molecule has 1 unspecified atom stereocenters. The summed E-state index contributed by atoms with van der Waals surface area (Å²) < 4.78 is 0. The fourth-order valence-corrected chi connectivity index (χ4v) is 1.54. The molecule has 3 heteroatoms. The van der Waals surface area contributed by atoms with E-state index in [4.69, 9.17) is 4.84 Å². The predicted octanol–water partition coefficient (Wildman–Crippen LogP) is 1.26. The van der Waals surface area contributed by atoms with Crippen molar-refractivity contribution in [3.63, 3.8) is 0 Å². The zero-order valence-electron chi connectivity index (χ0n) is 7.41. The van der Waals surface area contributed by atoms with Gasteiger partial charge in [-0.3, -0.25) is 4.79 Å². The summed E-state index contributed by atoms with van der Waals surface area (Å²) in [7, 11) is 0. The molecule has 0 bridgehead atoms. The van der Waals surface area contributed by atoms with E-state index in [1.54, 1.807) is 6.92 Å². The summed E-state index contributed by atoms with van der Waals surface area (Å²) in [6.07, 6.45) is 0. The van der Waals surface area contributed by atoms with Gasteiger partial charge in [0.1, 0.15) is 5.78 Å². The maximum atomic E-state index is 11.3. The van der Waals surface area contributed by atoms with E-state index in [0.717, 1.165) is 11.3 Å². The van der Waals surface area contributed by atoms with Gasteiger partial charge in [-0.25, -0.2) is 0 Å². The highest BCUT2D eigenvalue weighted by molar-refractivity contribution is 5.84. The van der Waals surface area contributed by atoms with Crippen molar-refractivity contribution in [3.8, 4) is 5.75 Å². The Morgan fingerprint density at radius 3 is 3.08 bits per heavy atom. The number of hydroxylamine groups is 1. The fourth-order valence-electron chi connectivity index (χ4n) is 1.54. The molecule has 0 fully saturated rings. The molecule has 0 radical (unpaired) electrons. The van der Waals surface area contributed by atoms with Crippen LogP contribution in [0.3, 0.4) is 0 Å². The summed E-state index contributed by atoms with van der Waals surface area (Å²) in [6, 6.07) is 7.60. The summed E-state index contributed by atoms with van der Waals surface area (Å²) in [5, 5.41) is 0. The lowest BCUT2D eigenvalue weighted by molar-refractivity contribution is -0.119. The lowest BCUT2D eigenvalue weighted by Gasteiger charge is -2.23. The maximum absolute atomic E-state index is 11.3. The van der Waals surface area contributed by atoms with Crippen molar-refractivity contribution in [2.24, 2.45) is 0 Å². The monoisotopic (exact) mass is 177 g/mol. The number of hydrogen-bond donors (Lipinski definition) is 1. The van der Waals surface area contributed by atoms with Gasteiger partial charge in [-0.1, -0.05) is 18.2 Å². The van der Waals surface area contributed by atoms with Gasteiger partial charge in [0.2, 0.25) is 0 Å². The summed E-state index contributed by atoms with van der Waals surface area (Å²) in [5.41, 5.74) is 3.73. The van der Waals surface area contributed by atoms with Gasteiger partial charge in [0.15, 0.2) is 5.75 Å². The third kappa shape index (κ3) is 1.42. The maximum Gasteiger partial charge on any atom is 0.151 e. The molecule has 0 spiro atoms. The minimum atomic E-state index is -0.0649. The number of benzene rings is 1. The van der Waals surface area contributed by atoms with Crippen molar-refractivity contribution in [2.45, 2.75) is 12.8 Å². The summed E-state index contributed by atoms with van der Waals surface area (Å²) in [5.74, 6) is 0.863. The Bertz CT molecular complexity index is 335. The van der Waals surface area contributed by atoms with Crippen LogP contribution < -0.4 is 10.3 Å². The average molecular weight is 177 g/mol. The lowest BCUT2D eigenvalue weighted by atomic mass is 9.94. The minimum Gasteiger partial charge on any atom is -0.408 e. The number of Topliss-reactive ketones (excluding diaryl/α,β-unsaturated/α-hetero) is 1. The van der Waals surface area contributed by atoms with E-state index in [1.165, 1.54) is 0 Å². The molecule has 68 valence electrons. The number of rotatable bonds is 1. The number of ketones is 1. The molecule has 0 aromatic heterocycles. The first-order valence-corrected chi connectivity index (χ1v) is 4.28. The largest absolute Gasteiger partial charge is 0.408 e. The molecular formula is C10H11NO2. The molecule has 3 nitrogen and oxygen atoms in total. The first-order valence-electron chi connectivity index (χ1n) is 4.28. The zero-order chi connectivity index (χ0) is 9.26. The van der Waals surface area contributed by atoms with E-state index in [2.05, 4.69) is 5.48 Å². The topological polar surface area (TPSA) is 38.3 Å². The smallest absolute Gasteiger partial charge is 0.151 e. The molecule has 1 aliphatic rings. The zero-order valence-corrected chi connectivity index (χ0v) is 7.41. The molecule has 1 N–H and O–H groups in total. The molecule has 1 aromatic carbocycles. The van der Waals surface area contributed by atoms with Gasteiger partial charge >= 0.3 is 0 Å². The first-order chi connectivity index (χ1) is 6.29. The lowest BCUT2D eigenvalue weighted by Crippen LogP contribution is -2.33. The molecule has 0 aliphatic carbocycles. The quantitative estimate of drug-likeness (QED) is 0.701. The van der Waals surface area contributed by atoms with E-state index in [1.807, 2.05) is 24.3 Å². The van der Waals surface area contributed by atoms with E-state index < -0.39 is 0 Å². The van der Waals surface area contributed by atoms with Gasteiger partial charge in [0, 0.05) is 12.1 Å². The highest BCUT2D eigenvalue weighted by atomic mass is 16.6. The van der Waals surface area contributed by atoms with Crippen LogP contribution >= 0.6 is 0 Å². The van der Waals surface area contributed by atoms with Gasteiger partial charge in [-0.05, 0) is 13.0 Å². The van der Waals surface area contributed by atoms with Crippen LogP contribution in [0, 0.1) is 0 Å². The number of para-hydroxylation sites is 1. The van der Waals surface area contributed by atoms with Crippen LogP contribution in [0.25, 0.3) is 0 Å². The highest BCUT2D eigenvalue weighted by Crippen LogP contribution is 2.29. The van der Waals surface area contributed by atoms with Crippen LogP contribution in [0.1, 0.15) is 18.4 Å². The summed E-state index contributed by atoms with van der Waals surface area (Å²) in [6.45, 7) is 2.17. The Hall–Kier alpha value is -1.35. The van der Waals surface area contributed by atoms with E-state index in [-0.39, 0.29) is 11.7 Å². The van der Waals surface area contributed by atoms with E-state index in [9.17, 15) is 4.79 Å². The molecule has 1 atom stereocenters. The molecule has 0 saturated heterocycles. The number of carbonyl (C=O) groups is 1. The average Bonchev–Trinajstić information content (AvgIpc) is 2.17. The van der Waals surface area contributed by atoms with Gasteiger partial charge in [-0.15, -0.1) is 0 Å². The van der Waals surface area contributed by atoms with Crippen molar-refractivity contribution in [2.75, 3.05) is 6.54 Å². The molecule has 1 aromatic rings. The Kier molecular flexibility index (Phi) is 2.02. The van der Waals surface area contributed by atoms with Crippen molar-refractivity contribution < 1.29 is 9.63 Å². The van der Waals surface area contributed by atoms with Gasteiger partial charge in [-0.2, -0.15) is 5.48 Å². The molecule has 0 saturated carbocycles. The standard InChI is InChI=1S/C10H11NO2/c1-7(12)9-6-11-13-10-5-3-2-4-8(9)10/h2-5,9,11H,6H2,1H3. The first kappa shape index (κ1) is 8.26. The number of carbonyl (C=O) groups excluding carboxylic acids is 1. The second-order valence-corrected chi connectivity index (χ2v) is 3.15. The van der Waals surface area contributed by atoms with Crippen LogP contribution in [0.15, 0.2) is 24.3 Å². The predicted molar refractivity (Wildman–Crippen MR) is 48.5 cm³/mol. The molecule has 0 amide bonds. The molecule has 2 rings (SSSR count). The van der Waals surface area contributed by atoms with Gasteiger partial charge in [0.05, 0.1) is 5.92 Å². The Morgan fingerprint density at radius 2 is 2.31 bits per heavy atom. The Balaban J connectivity index is 2.42. The van der Waals surface area contributed by atoms with E-state index >= 15 is 0 Å². The van der Waals surface area contributed by atoms with Crippen molar-refractivity contribution in [1.29, 1.82) is 0 Å². The molecule has 1 aliphatic heterocycles. The summed E-state index contributed by atoms with van der Waals surface area (Å²) in [4.78, 5) is 16.5. The van der Waals surface area contributed by atoms with E-state index in [0.29, 0.717) is 6.54 Å². The minimum absolute atomic E-state index is 0.0649. The fraction of sp³-hybridized carbons (Fsp3) is 0.300. The van der Waals surface area contributed by atoms with Crippen molar-refractivity contribution in [3.05, 3.63) is 29.8 Å². The highest BCUT2D eigenvalue weighted by Gasteiger charge is 2.24. The van der Waals surface area contributed by atoms with Crippen LogP contribution in [0.5, 0.6) is 5.75 Å². The third-order valence-electron chi connectivity index (χ3n) is 2.25. The molecular weight excluding hydrogens is 166 g/mol. The van der Waals surface area contributed by atoms with Crippen LogP contribution in [0.4, 0.5) is 0 Å². The van der Waals surface area contributed by atoms with Crippen LogP contribution in [-0.2, 0) is 4.79 Å². The number of fused-ring (bicyclic) bond motifs is 1. The molecule has 1 heterocycles. The number of hydrogen-bond acceptors (Lipinski definition) is 3. The third-order valence-corrected chi connectivity index (χ3v) is 2.25. The van der Waals surface area contributed by atoms with Crippen molar-refractivity contribution in [1.82, 2.24) is 5.48 Å². The van der Waals surface area contributed by atoms with Crippen LogP contribution in [-0.4, -0.2) is 12.3 Å². The normalized spacial score (nSPS) is 20.2. The van der Waals surface area contributed by atoms with Gasteiger partial charge in [0.25, 0.3) is 0 Å². The second-order valence-electron chi connectivity index (χ2n) is 3.15. The second kappa shape index (κ2) is 3.18. The SMILES string of the molecule is CC(=O)C1CNOc2ccccc21. The van der Waals surface area contributed by atoms with Gasteiger partial charge < -0.3 is 4.84 Å².